The van der Waals surface area contributed by atoms with Gasteiger partial charge < -0.3 is 14.4 Å². The second-order valence-corrected chi connectivity index (χ2v) is 5.87. The summed E-state index contributed by atoms with van der Waals surface area (Å²) in [7, 11) is 2.78. The Kier molecular flexibility index (Phi) is 3.54. The molecule has 8 heteroatoms. The molecule has 1 heterocycles. The summed E-state index contributed by atoms with van der Waals surface area (Å²) in [5, 5.41) is 0. The Hall–Kier alpha value is -2.25. The van der Waals surface area contributed by atoms with Crippen molar-refractivity contribution in [2.24, 2.45) is 11.8 Å². The van der Waals surface area contributed by atoms with Crippen LogP contribution in [0.3, 0.4) is 0 Å². The summed E-state index contributed by atoms with van der Waals surface area (Å²) < 4.78 is 50.5. The number of nitrogens with zero attached hydrogens (tertiary/aromatic N) is 1. The largest absolute Gasteiger partial charge is 0.497 e. The number of hydrogen-bond acceptors (Lipinski definition) is 4. The molecule has 1 amide bonds. The number of rotatable bonds is 3. The molecule has 0 unspecified atom stereocenters. The molecule has 24 heavy (non-hydrogen) atoms. The van der Waals surface area contributed by atoms with E-state index in [2.05, 4.69) is 0 Å². The number of carbonyl (C=O) groups is 2. The minimum Gasteiger partial charge on any atom is -0.497 e. The maximum atomic E-state index is 13.6. The summed E-state index contributed by atoms with van der Waals surface area (Å²) in [6.45, 7) is 1.46. The van der Waals surface area contributed by atoms with Crippen molar-refractivity contribution in [3.05, 3.63) is 23.8 Å². The van der Waals surface area contributed by atoms with Crippen LogP contribution in [0, 0.1) is 11.8 Å². The van der Waals surface area contributed by atoms with E-state index in [0.29, 0.717) is 11.4 Å². The Balaban J connectivity index is 2.18. The normalized spacial score (nSPS) is 28.1. The van der Waals surface area contributed by atoms with Crippen LogP contribution in [0.1, 0.15) is 12.5 Å². The quantitative estimate of drug-likeness (QED) is 0.790. The first-order valence-electron chi connectivity index (χ1n) is 7.41. The molecule has 3 rings (SSSR count). The number of alkyl halides is 3. The van der Waals surface area contributed by atoms with E-state index in [1.807, 2.05) is 0 Å². The van der Waals surface area contributed by atoms with E-state index in [9.17, 15) is 22.8 Å². The molecule has 0 radical (unpaired) electrons. The number of amides is 1. The summed E-state index contributed by atoms with van der Waals surface area (Å²) in [6.07, 6.45) is -4.70. The Labute approximate surface area is 136 Å². The molecule has 5 nitrogen and oxygen atoms in total. The van der Waals surface area contributed by atoms with Crippen molar-refractivity contribution < 1.29 is 32.2 Å². The molecule has 0 saturated heterocycles. The number of esters is 1. The van der Waals surface area contributed by atoms with Gasteiger partial charge in [-0.05, 0) is 30.7 Å². The first kappa shape index (κ1) is 16.6. The van der Waals surface area contributed by atoms with Crippen LogP contribution in [-0.4, -0.2) is 38.8 Å². The third-order valence-electron chi connectivity index (χ3n) is 4.77. The van der Waals surface area contributed by atoms with Crippen molar-refractivity contribution in [1.82, 2.24) is 0 Å². The fourth-order valence-electron chi connectivity index (χ4n) is 3.76. The molecule has 0 aromatic heterocycles. The number of fused-ring (bicyclic) bond motifs is 2. The van der Waals surface area contributed by atoms with Gasteiger partial charge in [0.05, 0.1) is 25.6 Å². The number of likely N-dealkylation sites (N-methyl/N-ethyl adjacent to an activating group) is 1. The Morgan fingerprint density at radius 2 is 2.04 bits per heavy atom. The van der Waals surface area contributed by atoms with Gasteiger partial charge in [-0.1, -0.05) is 0 Å². The predicted molar refractivity (Wildman–Crippen MR) is 77.8 cm³/mol. The molecule has 0 N–H and O–H groups in total. The second-order valence-electron chi connectivity index (χ2n) is 5.87. The molecular formula is C16H16F3NO4. The Morgan fingerprint density at radius 1 is 1.38 bits per heavy atom. The number of ether oxygens (including phenoxy) is 2. The summed E-state index contributed by atoms with van der Waals surface area (Å²) in [6, 6.07) is 4.48. The second kappa shape index (κ2) is 5.12. The van der Waals surface area contributed by atoms with E-state index in [4.69, 9.17) is 9.47 Å². The molecule has 130 valence electrons. The van der Waals surface area contributed by atoms with Crippen LogP contribution >= 0.6 is 0 Å². The minimum atomic E-state index is -4.70. The monoisotopic (exact) mass is 343 g/mol. The van der Waals surface area contributed by atoms with Crippen molar-refractivity contribution in [3.63, 3.8) is 0 Å². The number of halogens is 3. The number of benzene rings is 1. The number of methoxy groups -OCH3 is 1. The van der Waals surface area contributed by atoms with Crippen LogP contribution in [0.15, 0.2) is 18.2 Å². The van der Waals surface area contributed by atoms with Crippen LogP contribution in [-0.2, 0) is 19.7 Å². The van der Waals surface area contributed by atoms with Gasteiger partial charge in [-0.2, -0.15) is 13.2 Å². The first-order valence-corrected chi connectivity index (χ1v) is 7.41. The first-order chi connectivity index (χ1) is 11.2. The van der Waals surface area contributed by atoms with E-state index in [1.165, 1.54) is 33.2 Å². The Morgan fingerprint density at radius 3 is 2.58 bits per heavy atom. The summed E-state index contributed by atoms with van der Waals surface area (Å²) in [4.78, 5) is 26.0. The third kappa shape index (κ3) is 1.94. The zero-order valence-corrected chi connectivity index (χ0v) is 13.3. The molecule has 1 fully saturated rings. The zero-order chi connectivity index (χ0) is 17.9. The van der Waals surface area contributed by atoms with Gasteiger partial charge in [-0.25, -0.2) is 0 Å². The highest BCUT2D eigenvalue weighted by molar-refractivity contribution is 6.14. The van der Waals surface area contributed by atoms with Gasteiger partial charge in [0.25, 0.3) is 0 Å². The van der Waals surface area contributed by atoms with Crippen molar-refractivity contribution >= 4 is 17.6 Å². The topological polar surface area (TPSA) is 55.8 Å². The predicted octanol–water partition coefficient (Wildman–Crippen LogP) is 2.28. The third-order valence-corrected chi connectivity index (χ3v) is 4.77. The van der Waals surface area contributed by atoms with Gasteiger partial charge in [0.2, 0.25) is 5.91 Å². The van der Waals surface area contributed by atoms with Gasteiger partial charge in [-0.15, -0.1) is 0 Å². The maximum absolute atomic E-state index is 13.6. The molecule has 1 aliphatic carbocycles. The fraction of sp³-hybridized carbons (Fsp3) is 0.500. The molecule has 1 saturated carbocycles. The average molecular weight is 343 g/mol. The highest BCUT2D eigenvalue weighted by Gasteiger charge is 2.85. The molecule has 1 aliphatic heterocycles. The van der Waals surface area contributed by atoms with Crippen molar-refractivity contribution in [2.75, 3.05) is 25.7 Å². The van der Waals surface area contributed by atoms with Gasteiger partial charge in [-0.3, -0.25) is 9.59 Å². The van der Waals surface area contributed by atoms with Gasteiger partial charge in [0.1, 0.15) is 11.2 Å². The van der Waals surface area contributed by atoms with E-state index < -0.39 is 35.3 Å². The van der Waals surface area contributed by atoms with Gasteiger partial charge >= 0.3 is 12.1 Å². The van der Waals surface area contributed by atoms with Crippen molar-refractivity contribution in [3.8, 4) is 5.75 Å². The van der Waals surface area contributed by atoms with Crippen LogP contribution in [0.4, 0.5) is 18.9 Å². The van der Waals surface area contributed by atoms with Gasteiger partial charge in [0, 0.05) is 12.7 Å². The summed E-state index contributed by atoms with van der Waals surface area (Å²) >= 11 is 0. The summed E-state index contributed by atoms with van der Waals surface area (Å²) in [5.74, 6) is -5.08. The molecular weight excluding hydrogens is 327 g/mol. The minimum absolute atomic E-state index is 0.0506. The van der Waals surface area contributed by atoms with Gasteiger partial charge in [0.15, 0.2) is 0 Å². The molecule has 3 atom stereocenters. The van der Waals surface area contributed by atoms with Crippen LogP contribution in [0.25, 0.3) is 0 Å². The SMILES string of the molecule is CCOC(=O)[C@H]1[C@H](C(F)(F)F)[C@]12C(=O)N(C)c1ccc(OC)cc12. The smallest absolute Gasteiger partial charge is 0.394 e. The van der Waals surface area contributed by atoms with Crippen LogP contribution in [0.5, 0.6) is 5.75 Å². The van der Waals surface area contributed by atoms with E-state index in [1.54, 1.807) is 6.07 Å². The molecule has 2 aliphatic rings. The zero-order valence-electron chi connectivity index (χ0n) is 13.3. The van der Waals surface area contributed by atoms with E-state index >= 15 is 0 Å². The molecule has 1 spiro atoms. The lowest BCUT2D eigenvalue weighted by atomic mass is 9.92. The summed E-state index contributed by atoms with van der Waals surface area (Å²) in [5.41, 5.74) is -1.44. The van der Waals surface area contributed by atoms with Crippen LogP contribution < -0.4 is 9.64 Å². The standard InChI is InChI=1S/C16H16F3NO4/c1-4-24-13(21)11-12(16(17,18)19)15(11)9-7-8(23-3)5-6-10(9)20(2)14(15)22/h5-7,11-12H,4H2,1-3H3/t11-,12+,15-/m1/s1. The van der Waals surface area contributed by atoms with E-state index in [-0.39, 0.29) is 12.2 Å². The lowest BCUT2D eigenvalue weighted by Crippen LogP contribution is -2.33. The number of carbonyl (C=O) groups excluding carboxylic acids is 2. The average Bonchev–Trinajstić information content (AvgIpc) is 3.20. The maximum Gasteiger partial charge on any atom is 0.394 e. The lowest BCUT2D eigenvalue weighted by Gasteiger charge is -2.12. The highest BCUT2D eigenvalue weighted by Crippen LogP contribution is 2.71. The fourth-order valence-corrected chi connectivity index (χ4v) is 3.76. The van der Waals surface area contributed by atoms with Crippen molar-refractivity contribution in [1.29, 1.82) is 0 Å². The molecule has 0 bridgehead atoms. The highest BCUT2D eigenvalue weighted by atomic mass is 19.4. The lowest BCUT2D eigenvalue weighted by molar-refractivity contribution is -0.164. The Bertz CT molecular complexity index is 718. The van der Waals surface area contributed by atoms with Crippen LogP contribution in [0.2, 0.25) is 0 Å². The molecule has 1 aromatic carbocycles. The van der Waals surface area contributed by atoms with E-state index in [0.717, 1.165) is 4.90 Å². The number of anilines is 1. The number of hydrogen-bond donors (Lipinski definition) is 0. The molecule has 1 aromatic rings. The van der Waals surface area contributed by atoms with Crippen molar-refractivity contribution in [2.45, 2.75) is 18.5 Å².